The summed E-state index contributed by atoms with van der Waals surface area (Å²) < 4.78 is 6.44. The standard InChI is InChI=1S/C24H29N5O4/c1-5-33-22(32)14-29-24(26-27-28-29)23(19-10-9-16(3)17(4)12-19)25-20(13-21(30)31)18-8-6-7-15(2)11-18/h6-12,20,23,25H,5,13-14H2,1-4H3,(H,30,31). The molecule has 2 N–H and O–H groups in total. The third kappa shape index (κ3) is 6.23. The zero-order chi connectivity index (χ0) is 24.0. The van der Waals surface area contributed by atoms with E-state index in [-0.39, 0.29) is 19.6 Å². The number of hydrogen-bond donors (Lipinski definition) is 2. The van der Waals surface area contributed by atoms with Crippen LogP contribution >= 0.6 is 0 Å². The van der Waals surface area contributed by atoms with Gasteiger partial charge >= 0.3 is 11.9 Å². The van der Waals surface area contributed by atoms with Gasteiger partial charge < -0.3 is 9.84 Å². The number of ether oxygens (including phenoxy) is 1. The second-order valence-electron chi connectivity index (χ2n) is 8.01. The number of nitrogens with zero attached hydrogens (tertiary/aromatic N) is 4. The summed E-state index contributed by atoms with van der Waals surface area (Å²) in [4.78, 5) is 23.8. The van der Waals surface area contributed by atoms with Gasteiger partial charge in [-0.2, -0.15) is 0 Å². The molecule has 0 bridgehead atoms. The topological polar surface area (TPSA) is 119 Å². The van der Waals surface area contributed by atoms with Crippen LogP contribution in [0.4, 0.5) is 0 Å². The van der Waals surface area contributed by atoms with Crippen molar-refractivity contribution in [1.29, 1.82) is 0 Å². The van der Waals surface area contributed by atoms with Crippen LogP contribution in [-0.2, 0) is 20.9 Å². The lowest BCUT2D eigenvalue weighted by Gasteiger charge is -2.26. The van der Waals surface area contributed by atoms with Crippen LogP contribution in [0, 0.1) is 20.8 Å². The Morgan fingerprint density at radius 3 is 2.55 bits per heavy atom. The molecule has 2 atom stereocenters. The van der Waals surface area contributed by atoms with E-state index in [2.05, 4.69) is 20.8 Å². The molecule has 3 aromatic rings. The molecule has 9 heteroatoms. The molecule has 0 radical (unpaired) electrons. The minimum Gasteiger partial charge on any atom is -0.481 e. The number of carbonyl (C=O) groups is 2. The van der Waals surface area contributed by atoms with Crippen molar-refractivity contribution < 1.29 is 19.4 Å². The smallest absolute Gasteiger partial charge is 0.327 e. The molecule has 0 amide bonds. The van der Waals surface area contributed by atoms with Gasteiger partial charge in [-0.15, -0.1) is 5.10 Å². The van der Waals surface area contributed by atoms with Gasteiger partial charge in [-0.3, -0.25) is 14.9 Å². The fourth-order valence-electron chi connectivity index (χ4n) is 3.66. The van der Waals surface area contributed by atoms with E-state index in [1.807, 2.05) is 63.2 Å². The Bertz CT molecular complexity index is 1130. The van der Waals surface area contributed by atoms with Gasteiger partial charge in [0.15, 0.2) is 5.82 Å². The van der Waals surface area contributed by atoms with Crippen molar-refractivity contribution in [3.63, 3.8) is 0 Å². The molecule has 2 unspecified atom stereocenters. The first-order valence-electron chi connectivity index (χ1n) is 10.8. The lowest BCUT2D eigenvalue weighted by atomic mass is 9.96. The highest BCUT2D eigenvalue weighted by atomic mass is 16.5. The number of carboxylic acids is 1. The van der Waals surface area contributed by atoms with E-state index in [0.717, 1.165) is 27.8 Å². The minimum atomic E-state index is -0.932. The summed E-state index contributed by atoms with van der Waals surface area (Å²) in [5.74, 6) is -0.987. The number of hydrogen-bond acceptors (Lipinski definition) is 7. The Morgan fingerprint density at radius 1 is 1.09 bits per heavy atom. The zero-order valence-electron chi connectivity index (χ0n) is 19.3. The summed E-state index contributed by atoms with van der Waals surface area (Å²) in [6, 6.07) is 12.6. The van der Waals surface area contributed by atoms with Gasteiger partial charge in [-0.1, -0.05) is 48.0 Å². The van der Waals surface area contributed by atoms with Crippen molar-refractivity contribution >= 4 is 11.9 Å². The molecule has 33 heavy (non-hydrogen) atoms. The van der Waals surface area contributed by atoms with Gasteiger partial charge in [0.2, 0.25) is 0 Å². The third-order valence-corrected chi connectivity index (χ3v) is 5.46. The molecule has 1 heterocycles. The Labute approximate surface area is 192 Å². The third-order valence-electron chi connectivity index (χ3n) is 5.46. The van der Waals surface area contributed by atoms with E-state index in [1.54, 1.807) is 6.92 Å². The highest BCUT2D eigenvalue weighted by Gasteiger charge is 2.27. The predicted molar refractivity (Wildman–Crippen MR) is 122 cm³/mol. The fourth-order valence-corrected chi connectivity index (χ4v) is 3.66. The van der Waals surface area contributed by atoms with Crippen LogP contribution in [0.25, 0.3) is 0 Å². The number of carbonyl (C=O) groups excluding carboxylic acids is 1. The first-order chi connectivity index (χ1) is 15.8. The molecule has 9 nitrogen and oxygen atoms in total. The molecule has 3 rings (SSSR count). The zero-order valence-corrected chi connectivity index (χ0v) is 19.3. The minimum absolute atomic E-state index is 0.135. The van der Waals surface area contributed by atoms with Crippen molar-refractivity contribution in [2.45, 2.75) is 52.7 Å². The highest BCUT2D eigenvalue weighted by molar-refractivity contribution is 5.69. The van der Waals surface area contributed by atoms with Crippen LogP contribution < -0.4 is 5.32 Å². The summed E-state index contributed by atoms with van der Waals surface area (Å²) in [6.45, 7) is 7.83. The molecule has 0 aliphatic heterocycles. The maximum absolute atomic E-state index is 12.1. The maximum Gasteiger partial charge on any atom is 0.327 e. The van der Waals surface area contributed by atoms with E-state index in [4.69, 9.17) is 4.74 Å². The Kier molecular flexibility index (Phi) is 7.89. The predicted octanol–water partition coefficient (Wildman–Crippen LogP) is 3.06. The van der Waals surface area contributed by atoms with Gasteiger partial charge in [0, 0.05) is 6.04 Å². The van der Waals surface area contributed by atoms with Crippen LogP contribution in [0.15, 0.2) is 42.5 Å². The molecule has 2 aromatic carbocycles. The molecule has 0 saturated carbocycles. The van der Waals surface area contributed by atoms with Gasteiger partial charge in [-0.05, 0) is 60.4 Å². The molecule has 0 aliphatic carbocycles. The summed E-state index contributed by atoms with van der Waals surface area (Å²) >= 11 is 0. The number of tetrazole rings is 1. The van der Waals surface area contributed by atoms with Crippen molar-refractivity contribution in [2.75, 3.05) is 6.61 Å². The molecular formula is C24H29N5O4. The van der Waals surface area contributed by atoms with Crippen LogP contribution in [-0.4, -0.2) is 43.9 Å². The average molecular weight is 452 g/mol. The quantitative estimate of drug-likeness (QED) is 0.452. The largest absolute Gasteiger partial charge is 0.481 e. The van der Waals surface area contributed by atoms with Gasteiger partial charge in [-0.25, -0.2) is 4.68 Å². The number of aryl methyl sites for hydroxylation is 3. The van der Waals surface area contributed by atoms with Gasteiger partial charge in [0.05, 0.1) is 19.1 Å². The number of aromatic nitrogens is 4. The van der Waals surface area contributed by atoms with Crippen molar-refractivity contribution in [3.8, 4) is 0 Å². The van der Waals surface area contributed by atoms with E-state index >= 15 is 0 Å². The van der Waals surface area contributed by atoms with Crippen molar-refractivity contribution in [1.82, 2.24) is 25.5 Å². The van der Waals surface area contributed by atoms with E-state index in [1.165, 1.54) is 4.68 Å². The molecule has 0 aliphatic rings. The summed E-state index contributed by atoms with van der Waals surface area (Å²) in [7, 11) is 0. The van der Waals surface area contributed by atoms with Crippen LogP contribution in [0.1, 0.15) is 59.1 Å². The molecule has 174 valence electrons. The van der Waals surface area contributed by atoms with Crippen LogP contribution in [0.5, 0.6) is 0 Å². The van der Waals surface area contributed by atoms with Crippen LogP contribution in [0.3, 0.4) is 0 Å². The monoisotopic (exact) mass is 451 g/mol. The summed E-state index contributed by atoms with van der Waals surface area (Å²) in [6.07, 6.45) is -0.135. The van der Waals surface area contributed by atoms with E-state index < -0.39 is 24.0 Å². The number of aliphatic carboxylic acids is 1. The number of rotatable bonds is 10. The second kappa shape index (κ2) is 10.8. The lowest BCUT2D eigenvalue weighted by Crippen LogP contribution is -2.32. The maximum atomic E-state index is 12.1. The molecule has 0 fully saturated rings. The highest BCUT2D eigenvalue weighted by Crippen LogP contribution is 2.28. The normalized spacial score (nSPS) is 12.8. The molecule has 0 saturated heterocycles. The fraction of sp³-hybridized carbons (Fsp3) is 0.375. The first kappa shape index (κ1) is 24.1. The number of nitrogens with one attached hydrogen (secondary N) is 1. The summed E-state index contributed by atoms with van der Waals surface area (Å²) in [5.41, 5.74) is 4.94. The van der Waals surface area contributed by atoms with Crippen LogP contribution in [0.2, 0.25) is 0 Å². The Hall–Kier alpha value is -3.59. The molecule has 1 aromatic heterocycles. The number of esters is 1. The Morgan fingerprint density at radius 2 is 1.88 bits per heavy atom. The summed E-state index contributed by atoms with van der Waals surface area (Å²) in [5, 5.41) is 25.0. The van der Waals surface area contributed by atoms with Crippen molar-refractivity contribution in [2.24, 2.45) is 0 Å². The lowest BCUT2D eigenvalue weighted by molar-refractivity contribution is -0.144. The van der Waals surface area contributed by atoms with E-state index in [9.17, 15) is 14.7 Å². The van der Waals surface area contributed by atoms with Gasteiger partial charge in [0.25, 0.3) is 0 Å². The number of carboxylic acid groups (broad SMARTS) is 1. The van der Waals surface area contributed by atoms with E-state index in [0.29, 0.717) is 5.82 Å². The molecule has 0 spiro atoms. The average Bonchev–Trinajstić information content (AvgIpc) is 3.20. The second-order valence-corrected chi connectivity index (χ2v) is 8.01. The van der Waals surface area contributed by atoms with Crippen molar-refractivity contribution in [3.05, 3.63) is 76.1 Å². The SMILES string of the molecule is CCOC(=O)Cn1nnnc1C(NC(CC(=O)O)c1cccc(C)c1)c1ccc(C)c(C)c1. The number of benzene rings is 2. The van der Waals surface area contributed by atoms with Gasteiger partial charge in [0.1, 0.15) is 6.54 Å². The first-order valence-corrected chi connectivity index (χ1v) is 10.8. The Balaban J connectivity index is 2.05. The molecular weight excluding hydrogens is 422 g/mol.